The van der Waals surface area contributed by atoms with Crippen LogP contribution in [0.1, 0.15) is 61.6 Å². The molecule has 0 unspecified atom stereocenters. The summed E-state index contributed by atoms with van der Waals surface area (Å²) in [6, 6.07) is 33.7. The van der Waals surface area contributed by atoms with E-state index in [1.807, 2.05) is 91.0 Å². The van der Waals surface area contributed by atoms with Crippen LogP contribution in [0.2, 0.25) is 0 Å². The van der Waals surface area contributed by atoms with Crippen molar-refractivity contribution >= 4 is 23.0 Å². The molecule has 2 N–H and O–H groups in total. The Labute approximate surface area is 335 Å². The lowest BCUT2D eigenvalue weighted by atomic mass is 9.98. The quantitative estimate of drug-likeness (QED) is 0.0755. The van der Waals surface area contributed by atoms with Gasteiger partial charge in [-0.3, -0.25) is 14.3 Å². The van der Waals surface area contributed by atoms with Crippen LogP contribution in [-0.4, -0.2) is 49.3 Å². The second kappa shape index (κ2) is 17.8. The summed E-state index contributed by atoms with van der Waals surface area (Å²) in [5, 5.41) is 15.1. The first-order valence-electron chi connectivity index (χ1n) is 19.1. The normalized spacial score (nSPS) is 11.1. The SMILES string of the molecule is C=C(F)C(=C)c1ccc(CCCNC(=O)c2cnc3cc(Cc4ccc(F)c(-c5ccc(CCCNC(=O)c6cc(-c7ccccc7)nn6C)cc5)c4)nn3c2)cc1. The second-order valence-corrected chi connectivity index (χ2v) is 14.2. The van der Waals surface area contributed by atoms with E-state index >= 15 is 4.39 Å². The number of halogens is 2. The number of allylic oxidation sites excluding steroid dienone is 2. The predicted octanol–water partition coefficient (Wildman–Crippen LogP) is 8.75. The molecule has 0 atom stereocenters. The maximum atomic E-state index is 15.1. The van der Waals surface area contributed by atoms with Gasteiger partial charge >= 0.3 is 0 Å². The summed E-state index contributed by atoms with van der Waals surface area (Å²) >= 11 is 0. The molecular formula is C47H43F2N7O2. The van der Waals surface area contributed by atoms with E-state index in [4.69, 9.17) is 0 Å². The third-order valence-corrected chi connectivity index (χ3v) is 9.97. The van der Waals surface area contributed by atoms with Crippen LogP contribution in [0.4, 0.5) is 8.78 Å². The van der Waals surface area contributed by atoms with Crippen molar-refractivity contribution < 1.29 is 18.4 Å². The maximum absolute atomic E-state index is 15.1. The number of nitrogens with one attached hydrogen (secondary N) is 2. The number of carbonyl (C=O) groups excluding carboxylic acids is 2. The molecule has 4 aromatic carbocycles. The molecule has 0 bridgehead atoms. The van der Waals surface area contributed by atoms with Crippen LogP contribution in [0.15, 0.2) is 141 Å². The van der Waals surface area contributed by atoms with Crippen LogP contribution < -0.4 is 10.6 Å². The van der Waals surface area contributed by atoms with Crippen molar-refractivity contribution in [3.8, 4) is 22.4 Å². The fourth-order valence-corrected chi connectivity index (χ4v) is 6.73. The second-order valence-electron chi connectivity index (χ2n) is 14.2. The van der Waals surface area contributed by atoms with Crippen molar-refractivity contribution in [2.24, 2.45) is 7.05 Å². The number of benzene rings is 4. The molecule has 7 aromatic rings. The summed E-state index contributed by atoms with van der Waals surface area (Å²) in [5.41, 5.74) is 9.17. The van der Waals surface area contributed by atoms with Gasteiger partial charge in [-0.2, -0.15) is 10.2 Å². The van der Waals surface area contributed by atoms with E-state index in [1.54, 1.807) is 34.6 Å². The molecule has 58 heavy (non-hydrogen) atoms. The Hall–Kier alpha value is -7.01. The van der Waals surface area contributed by atoms with Crippen LogP contribution in [0.5, 0.6) is 0 Å². The molecule has 0 radical (unpaired) electrons. The molecule has 0 saturated carbocycles. The molecule has 2 amide bonds. The smallest absolute Gasteiger partial charge is 0.269 e. The zero-order valence-corrected chi connectivity index (χ0v) is 32.2. The fraction of sp³-hybridized carbons (Fsp3) is 0.170. The van der Waals surface area contributed by atoms with Gasteiger partial charge in [-0.1, -0.05) is 98.1 Å². The zero-order chi connectivity index (χ0) is 40.6. The third kappa shape index (κ3) is 9.50. The summed E-state index contributed by atoms with van der Waals surface area (Å²) < 4.78 is 31.6. The molecule has 9 nitrogen and oxygen atoms in total. The molecule has 0 aliphatic carbocycles. The third-order valence-electron chi connectivity index (χ3n) is 9.97. The van der Waals surface area contributed by atoms with Crippen molar-refractivity contribution in [1.82, 2.24) is 35.0 Å². The van der Waals surface area contributed by atoms with Gasteiger partial charge in [0.15, 0.2) is 5.65 Å². The van der Waals surface area contributed by atoms with Gasteiger partial charge in [-0.05, 0) is 71.7 Å². The topological polar surface area (TPSA) is 106 Å². The zero-order valence-electron chi connectivity index (χ0n) is 32.2. The number of aromatic nitrogens is 5. The first-order valence-corrected chi connectivity index (χ1v) is 19.1. The number of hydrogen-bond acceptors (Lipinski definition) is 5. The van der Waals surface area contributed by atoms with Crippen LogP contribution >= 0.6 is 0 Å². The van der Waals surface area contributed by atoms with Crippen molar-refractivity contribution in [2.45, 2.75) is 32.1 Å². The molecule has 7 rings (SSSR count). The maximum Gasteiger partial charge on any atom is 0.269 e. The van der Waals surface area contributed by atoms with Gasteiger partial charge in [0.05, 0.1) is 17.0 Å². The average molecular weight is 776 g/mol. The molecule has 3 aromatic heterocycles. The number of amides is 2. The van der Waals surface area contributed by atoms with Crippen LogP contribution in [0.3, 0.4) is 0 Å². The van der Waals surface area contributed by atoms with E-state index in [9.17, 15) is 14.0 Å². The van der Waals surface area contributed by atoms with Gasteiger partial charge in [0.1, 0.15) is 17.3 Å². The minimum Gasteiger partial charge on any atom is -0.352 e. The van der Waals surface area contributed by atoms with Gasteiger partial charge in [0, 0.05) is 61.7 Å². The van der Waals surface area contributed by atoms with E-state index in [1.165, 1.54) is 12.3 Å². The Morgan fingerprint density at radius 1 is 0.724 bits per heavy atom. The highest BCUT2D eigenvalue weighted by Crippen LogP contribution is 2.26. The molecule has 0 spiro atoms. The Kier molecular flexibility index (Phi) is 12.1. The number of aryl methyl sites for hydroxylation is 3. The Bertz CT molecular complexity index is 2590. The van der Waals surface area contributed by atoms with E-state index in [0.29, 0.717) is 47.5 Å². The lowest BCUT2D eigenvalue weighted by Crippen LogP contribution is -2.26. The van der Waals surface area contributed by atoms with Gasteiger partial charge < -0.3 is 10.6 Å². The van der Waals surface area contributed by atoms with Gasteiger partial charge in [-0.15, -0.1) is 0 Å². The molecule has 292 valence electrons. The summed E-state index contributed by atoms with van der Waals surface area (Å²) in [5.74, 6) is -1.29. The fourth-order valence-electron chi connectivity index (χ4n) is 6.73. The molecule has 3 heterocycles. The number of fused-ring (bicyclic) bond motifs is 1. The summed E-state index contributed by atoms with van der Waals surface area (Å²) in [4.78, 5) is 30.2. The van der Waals surface area contributed by atoms with Crippen molar-refractivity contribution in [3.05, 3.63) is 186 Å². The Balaban J connectivity index is 0.891. The Morgan fingerprint density at radius 2 is 1.38 bits per heavy atom. The minimum atomic E-state index is -0.551. The largest absolute Gasteiger partial charge is 0.352 e. The first kappa shape index (κ1) is 39.2. The monoisotopic (exact) mass is 775 g/mol. The standard InChI is InChI=1S/C47H43F2N7O2/c1-31(32(2)48)36-18-13-33(14-19-36)9-7-23-50-46(57)39-29-52-45-27-40(53-56(45)30-39)25-35-17-22-42(49)41(26-35)37-20-15-34(16-21-37)10-8-24-51-47(58)44-28-43(54-55(44)3)38-11-5-4-6-12-38/h4-6,11-22,26-30H,1-2,7-10,23-25H2,3H3,(H,50,57)(H,51,58). The number of nitrogens with zero attached hydrogens (tertiary/aromatic N) is 5. The van der Waals surface area contributed by atoms with Gasteiger partial charge in [-0.25, -0.2) is 18.3 Å². The lowest BCUT2D eigenvalue weighted by molar-refractivity contribution is 0.0938. The van der Waals surface area contributed by atoms with Crippen LogP contribution in [0.25, 0.3) is 33.6 Å². The predicted molar refractivity (Wildman–Crippen MR) is 223 cm³/mol. The molecule has 0 fully saturated rings. The highest BCUT2D eigenvalue weighted by atomic mass is 19.1. The molecule has 0 aliphatic heterocycles. The summed E-state index contributed by atoms with van der Waals surface area (Å²) in [7, 11) is 1.76. The van der Waals surface area contributed by atoms with E-state index < -0.39 is 5.83 Å². The number of carbonyl (C=O) groups is 2. The lowest BCUT2D eigenvalue weighted by Gasteiger charge is -2.09. The molecule has 0 aliphatic rings. The first-order chi connectivity index (χ1) is 28.1. The van der Waals surface area contributed by atoms with Crippen molar-refractivity contribution in [3.63, 3.8) is 0 Å². The van der Waals surface area contributed by atoms with Crippen LogP contribution in [-0.2, 0) is 26.3 Å². The summed E-state index contributed by atoms with van der Waals surface area (Å²) in [6.45, 7) is 7.97. The molecular weight excluding hydrogens is 733 g/mol. The molecule has 0 saturated heterocycles. The minimum absolute atomic E-state index is 0.171. The van der Waals surface area contributed by atoms with Crippen molar-refractivity contribution in [2.75, 3.05) is 13.1 Å². The van der Waals surface area contributed by atoms with Crippen LogP contribution in [0, 0.1) is 5.82 Å². The van der Waals surface area contributed by atoms with E-state index in [2.05, 4.69) is 39.0 Å². The van der Waals surface area contributed by atoms with Gasteiger partial charge in [0.2, 0.25) is 0 Å². The van der Waals surface area contributed by atoms with E-state index in [-0.39, 0.29) is 23.2 Å². The van der Waals surface area contributed by atoms with Gasteiger partial charge in [0.25, 0.3) is 11.8 Å². The number of hydrogen-bond donors (Lipinski definition) is 2. The average Bonchev–Trinajstić information content (AvgIpc) is 3.84. The summed E-state index contributed by atoms with van der Waals surface area (Å²) in [6.07, 6.45) is 6.59. The molecule has 11 heteroatoms. The highest BCUT2D eigenvalue weighted by molar-refractivity contribution is 5.94. The highest BCUT2D eigenvalue weighted by Gasteiger charge is 2.15. The Morgan fingerprint density at radius 3 is 2.07 bits per heavy atom. The van der Waals surface area contributed by atoms with E-state index in [0.717, 1.165) is 64.9 Å². The number of rotatable bonds is 16. The van der Waals surface area contributed by atoms with Crippen molar-refractivity contribution in [1.29, 1.82) is 0 Å².